The standard InChI is InChI=1S/C24H26N4O5S/c1-14-12-15(18-4-2-3-5-19(18)25-14)13-33-16-6-8-17(9-7-16)34(31,32)28-23-21-11-10-20(26-21)22(23)24(29)27-30/h2-9,12,20-23,26,28,30H,10-11,13H2,1H3,(H,27,29). The molecule has 5 rings (SSSR count). The number of ether oxygens (including phenoxy) is 1. The summed E-state index contributed by atoms with van der Waals surface area (Å²) in [6.45, 7) is 2.26. The molecule has 10 heteroatoms. The van der Waals surface area contributed by atoms with E-state index in [1.54, 1.807) is 17.6 Å². The molecule has 4 N–H and O–H groups in total. The number of hydrogen-bond acceptors (Lipinski definition) is 7. The van der Waals surface area contributed by atoms with E-state index in [2.05, 4.69) is 15.0 Å². The molecule has 4 atom stereocenters. The van der Waals surface area contributed by atoms with Crippen LogP contribution < -0.4 is 20.3 Å². The molecule has 0 aliphatic carbocycles. The highest BCUT2D eigenvalue weighted by Crippen LogP contribution is 2.35. The minimum atomic E-state index is -3.87. The number of rotatable bonds is 7. The highest BCUT2D eigenvalue weighted by Gasteiger charge is 2.52. The van der Waals surface area contributed by atoms with Crippen LogP contribution in [-0.2, 0) is 21.4 Å². The van der Waals surface area contributed by atoms with Crippen molar-refractivity contribution in [2.75, 3.05) is 0 Å². The second-order valence-corrected chi connectivity index (χ2v) is 10.5. The van der Waals surface area contributed by atoms with Gasteiger partial charge in [-0.1, -0.05) is 18.2 Å². The Bertz CT molecular complexity index is 1330. The van der Waals surface area contributed by atoms with Crippen LogP contribution in [-0.4, -0.2) is 42.6 Å². The van der Waals surface area contributed by atoms with Gasteiger partial charge in [0.15, 0.2) is 0 Å². The molecular formula is C24H26N4O5S. The van der Waals surface area contributed by atoms with Crippen LogP contribution in [0.5, 0.6) is 5.75 Å². The summed E-state index contributed by atoms with van der Waals surface area (Å²) in [6.07, 6.45) is 1.53. The van der Waals surface area contributed by atoms with Gasteiger partial charge in [0, 0.05) is 28.7 Å². The Labute approximate surface area is 197 Å². The summed E-state index contributed by atoms with van der Waals surface area (Å²) >= 11 is 0. The second kappa shape index (κ2) is 8.95. The van der Waals surface area contributed by atoms with Crippen molar-refractivity contribution in [3.05, 3.63) is 65.9 Å². The number of fused-ring (bicyclic) bond motifs is 3. The lowest BCUT2D eigenvalue weighted by molar-refractivity contribution is -0.134. The van der Waals surface area contributed by atoms with E-state index in [4.69, 9.17) is 9.94 Å². The second-order valence-electron chi connectivity index (χ2n) is 8.81. The van der Waals surface area contributed by atoms with Crippen molar-refractivity contribution in [3.8, 4) is 5.75 Å². The predicted octanol–water partition coefficient (Wildman–Crippen LogP) is 2.02. The van der Waals surface area contributed by atoms with Gasteiger partial charge in [-0.05, 0) is 56.2 Å². The minimum absolute atomic E-state index is 0.0796. The summed E-state index contributed by atoms with van der Waals surface area (Å²) in [6, 6.07) is 15.1. The summed E-state index contributed by atoms with van der Waals surface area (Å²) in [5, 5.41) is 13.3. The fourth-order valence-electron chi connectivity index (χ4n) is 5.08. The van der Waals surface area contributed by atoms with E-state index in [1.165, 1.54) is 12.1 Å². The number of amides is 1. The molecule has 2 aromatic carbocycles. The molecule has 34 heavy (non-hydrogen) atoms. The number of sulfonamides is 1. The van der Waals surface area contributed by atoms with Crippen molar-refractivity contribution in [2.24, 2.45) is 5.92 Å². The summed E-state index contributed by atoms with van der Waals surface area (Å²) < 4.78 is 34.6. The molecule has 1 amide bonds. The summed E-state index contributed by atoms with van der Waals surface area (Å²) in [7, 11) is -3.87. The van der Waals surface area contributed by atoms with Gasteiger partial charge in [-0.2, -0.15) is 0 Å². The lowest BCUT2D eigenvalue weighted by Crippen LogP contribution is -2.51. The third-order valence-corrected chi connectivity index (χ3v) is 8.11. The van der Waals surface area contributed by atoms with Crippen LogP contribution in [0.4, 0.5) is 0 Å². The molecule has 1 aromatic heterocycles. The van der Waals surface area contributed by atoms with E-state index in [9.17, 15) is 13.2 Å². The number of nitrogens with zero attached hydrogens (tertiary/aromatic N) is 1. The largest absolute Gasteiger partial charge is 0.489 e. The molecule has 2 aliphatic heterocycles. The number of hydroxylamine groups is 1. The first-order chi connectivity index (χ1) is 16.4. The molecule has 178 valence electrons. The molecule has 2 aliphatic rings. The molecule has 3 aromatic rings. The summed E-state index contributed by atoms with van der Waals surface area (Å²) in [5.74, 6) is -0.716. The number of carbonyl (C=O) groups is 1. The van der Waals surface area contributed by atoms with E-state index >= 15 is 0 Å². The zero-order valence-electron chi connectivity index (χ0n) is 18.6. The zero-order chi connectivity index (χ0) is 23.9. The summed E-state index contributed by atoms with van der Waals surface area (Å²) in [4.78, 5) is 16.7. The Morgan fingerprint density at radius 3 is 2.65 bits per heavy atom. The van der Waals surface area contributed by atoms with Crippen LogP contribution in [0.25, 0.3) is 10.9 Å². The van der Waals surface area contributed by atoms with Gasteiger partial charge in [0.1, 0.15) is 12.4 Å². The number of nitrogens with one attached hydrogen (secondary N) is 3. The number of aromatic nitrogens is 1. The molecule has 0 spiro atoms. The topological polar surface area (TPSA) is 130 Å². The number of carbonyl (C=O) groups excluding carboxylic acids is 1. The Kier molecular flexibility index (Phi) is 5.98. The highest BCUT2D eigenvalue weighted by atomic mass is 32.2. The van der Waals surface area contributed by atoms with E-state index in [0.717, 1.165) is 35.0 Å². The van der Waals surface area contributed by atoms with Gasteiger partial charge in [-0.15, -0.1) is 0 Å². The van der Waals surface area contributed by atoms with Crippen LogP contribution in [0.15, 0.2) is 59.5 Å². The van der Waals surface area contributed by atoms with Crippen LogP contribution >= 0.6 is 0 Å². The first-order valence-electron chi connectivity index (χ1n) is 11.2. The number of aryl methyl sites for hydroxylation is 1. The van der Waals surface area contributed by atoms with Crippen molar-refractivity contribution in [1.29, 1.82) is 0 Å². The van der Waals surface area contributed by atoms with E-state index in [1.807, 2.05) is 37.3 Å². The van der Waals surface area contributed by atoms with Gasteiger partial charge < -0.3 is 10.1 Å². The monoisotopic (exact) mass is 482 g/mol. The maximum absolute atomic E-state index is 13.0. The van der Waals surface area contributed by atoms with Gasteiger partial charge in [-0.25, -0.2) is 18.6 Å². The molecule has 3 heterocycles. The number of pyridine rings is 1. The first kappa shape index (κ1) is 22.7. The normalized spacial score (nSPS) is 23.8. The average Bonchev–Trinajstić information content (AvgIpc) is 3.44. The Morgan fingerprint density at radius 2 is 1.88 bits per heavy atom. The Balaban J connectivity index is 1.29. The third kappa shape index (κ3) is 4.25. The van der Waals surface area contributed by atoms with Crippen molar-refractivity contribution in [1.82, 2.24) is 20.5 Å². The third-order valence-electron chi connectivity index (χ3n) is 6.63. The molecular weight excluding hydrogens is 456 g/mol. The molecule has 0 radical (unpaired) electrons. The van der Waals surface area contributed by atoms with E-state index in [-0.39, 0.29) is 17.0 Å². The molecule has 2 bridgehead atoms. The molecule has 2 saturated heterocycles. The van der Waals surface area contributed by atoms with Gasteiger partial charge in [-0.3, -0.25) is 15.0 Å². The molecule has 4 unspecified atom stereocenters. The fraction of sp³-hybridized carbons (Fsp3) is 0.333. The van der Waals surface area contributed by atoms with Gasteiger partial charge in [0.2, 0.25) is 15.9 Å². The maximum atomic E-state index is 13.0. The van der Waals surface area contributed by atoms with Crippen LogP contribution in [0, 0.1) is 12.8 Å². The van der Waals surface area contributed by atoms with Crippen molar-refractivity contribution in [3.63, 3.8) is 0 Å². The Hall–Kier alpha value is -3.05. The van der Waals surface area contributed by atoms with Crippen molar-refractivity contribution in [2.45, 2.75) is 49.4 Å². The smallest absolute Gasteiger partial charge is 0.249 e. The minimum Gasteiger partial charge on any atom is -0.489 e. The highest BCUT2D eigenvalue weighted by molar-refractivity contribution is 7.89. The Morgan fingerprint density at radius 1 is 1.15 bits per heavy atom. The van der Waals surface area contributed by atoms with Gasteiger partial charge in [0.25, 0.3) is 0 Å². The van der Waals surface area contributed by atoms with Crippen molar-refractivity contribution < 1.29 is 23.2 Å². The lowest BCUT2D eigenvalue weighted by Gasteiger charge is -2.28. The predicted molar refractivity (Wildman–Crippen MR) is 125 cm³/mol. The number of hydrogen-bond donors (Lipinski definition) is 4. The van der Waals surface area contributed by atoms with Crippen LogP contribution in [0.1, 0.15) is 24.1 Å². The molecule has 9 nitrogen and oxygen atoms in total. The summed E-state index contributed by atoms with van der Waals surface area (Å²) in [5.41, 5.74) is 4.46. The zero-order valence-corrected chi connectivity index (χ0v) is 19.4. The maximum Gasteiger partial charge on any atom is 0.249 e. The van der Waals surface area contributed by atoms with Gasteiger partial charge >= 0.3 is 0 Å². The molecule has 0 saturated carbocycles. The average molecular weight is 483 g/mol. The van der Waals surface area contributed by atoms with E-state index < -0.39 is 27.9 Å². The molecule has 2 fully saturated rings. The number of para-hydroxylation sites is 1. The number of benzene rings is 2. The lowest BCUT2D eigenvalue weighted by atomic mass is 9.84. The van der Waals surface area contributed by atoms with Crippen LogP contribution in [0.3, 0.4) is 0 Å². The quantitative estimate of drug-likeness (QED) is 0.299. The van der Waals surface area contributed by atoms with Crippen molar-refractivity contribution >= 4 is 26.8 Å². The first-order valence-corrected chi connectivity index (χ1v) is 12.6. The SMILES string of the molecule is Cc1cc(COc2ccc(S(=O)(=O)NC3C4CCC(N4)C3C(=O)NO)cc2)c2ccccc2n1. The van der Waals surface area contributed by atoms with Gasteiger partial charge in [0.05, 0.1) is 22.4 Å². The fourth-order valence-corrected chi connectivity index (χ4v) is 6.38. The van der Waals surface area contributed by atoms with E-state index in [0.29, 0.717) is 12.4 Å². The van der Waals surface area contributed by atoms with Crippen LogP contribution in [0.2, 0.25) is 0 Å².